The van der Waals surface area contributed by atoms with Crippen LogP contribution in [0.1, 0.15) is 26.2 Å². The highest BCUT2D eigenvalue weighted by Crippen LogP contribution is 2.27. The molecular weight excluding hydrogens is 122 g/mol. The first kappa shape index (κ1) is 7.63. The lowest BCUT2D eigenvalue weighted by Gasteiger charge is -2.08. The topological polar surface area (TPSA) is 12.0 Å². The number of rotatable bonds is 4. The molecule has 1 atom stereocenters. The van der Waals surface area contributed by atoms with E-state index in [1.165, 1.54) is 19.4 Å². The Labute approximate surface area is 63.2 Å². The molecule has 0 aliphatic heterocycles. The fourth-order valence-corrected chi connectivity index (χ4v) is 0.939. The lowest BCUT2D eigenvalue weighted by molar-refractivity contribution is 0.537. The van der Waals surface area contributed by atoms with Gasteiger partial charge >= 0.3 is 0 Å². The molecule has 1 N–H and O–H groups in total. The van der Waals surface area contributed by atoms with Crippen LogP contribution in [0.4, 0.5) is 0 Å². The molecule has 0 radical (unpaired) electrons. The Kier molecular flexibility index (Phi) is 2.77. The van der Waals surface area contributed by atoms with Gasteiger partial charge in [0.05, 0.1) is 0 Å². The van der Waals surface area contributed by atoms with E-state index in [0.29, 0.717) is 6.04 Å². The van der Waals surface area contributed by atoms with E-state index < -0.39 is 0 Å². The molecule has 0 spiro atoms. The lowest BCUT2D eigenvalue weighted by atomic mass is 10.2. The first-order chi connectivity index (χ1) is 4.83. The van der Waals surface area contributed by atoms with E-state index in [1.54, 1.807) is 0 Å². The number of hydrogen-bond acceptors (Lipinski definition) is 1. The fourth-order valence-electron chi connectivity index (χ4n) is 0.939. The number of terminal acetylenes is 1. The lowest BCUT2D eigenvalue weighted by Crippen LogP contribution is -2.27. The van der Waals surface area contributed by atoms with E-state index in [1.807, 2.05) is 0 Å². The van der Waals surface area contributed by atoms with Crippen LogP contribution in [0.25, 0.3) is 0 Å². The molecular formula is C9H15N. The fraction of sp³-hybridized carbons (Fsp3) is 0.778. The third-order valence-electron chi connectivity index (χ3n) is 1.88. The van der Waals surface area contributed by atoms with Crippen molar-refractivity contribution in [1.29, 1.82) is 0 Å². The first-order valence-corrected chi connectivity index (χ1v) is 3.99. The summed E-state index contributed by atoms with van der Waals surface area (Å²) in [6.07, 6.45) is 8.84. The SMILES string of the molecule is C#CCC(C)NCC1CC1. The molecule has 1 aliphatic rings. The van der Waals surface area contributed by atoms with Gasteiger partial charge in [0.25, 0.3) is 0 Å². The molecule has 1 fully saturated rings. The molecule has 56 valence electrons. The van der Waals surface area contributed by atoms with E-state index >= 15 is 0 Å². The van der Waals surface area contributed by atoms with Gasteiger partial charge in [0.2, 0.25) is 0 Å². The van der Waals surface area contributed by atoms with E-state index in [9.17, 15) is 0 Å². The summed E-state index contributed by atoms with van der Waals surface area (Å²) >= 11 is 0. The summed E-state index contributed by atoms with van der Waals surface area (Å²) in [5.74, 6) is 3.61. The van der Waals surface area contributed by atoms with E-state index in [4.69, 9.17) is 6.42 Å². The van der Waals surface area contributed by atoms with Crippen molar-refractivity contribution in [3.63, 3.8) is 0 Å². The minimum absolute atomic E-state index is 0.505. The molecule has 0 amide bonds. The Bertz CT molecular complexity index is 130. The van der Waals surface area contributed by atoms with Gasteiger partial charge in [-0.05, 0) is 32.2 Å². The molecule has 1 nitrogen and oxygen atoms in total. The van der Waals surface area contributed by atoms with Crippen LogP contribution >= 0.6 is 0 Å². The second-order valence-corrected chi connectivity index (χ2v) is 3.16. The van der Waals surface area contributed by atoms with Gasteiger partial charge in [0.15, 0.2) is 0 Å². The van der Waals surface area contributed by atoms with Gasteiger partial charge in [-0.15, -0.1) is 12.3 Å². The van der Waals surface area contributed by atoms with E-state index in [0.717, 1.165) is 12.3 Å². The minimum Gasteiger partial charge on any atom is -0.313 e. The Balaban J connectivity index is 1.95. The second kappa shape index (κ2) is 3.63. The summed E-state index contributed by atoms with van der Waals surface area (Å²) in [6, 6.07) is 0.505. The van der Waals surface area contributed by atoms with Crippen LogP contribution in [0, 0.1) is 18.3 Å². The zero-order valence-electron chi connectivity index (χ0n) is 6.56. The maximum absolute atomic E-state index is 5.16. The largest absolute Gasteiger partial charge is 0.313 e. The smallest absolute Gasteiger partial charge is 0.0238 e. The third-order valence-corrected chi connectivity index (χ3v) is 1.88. The molecule has 0 saturated heterocycles. The van der Waals surface area contributed by atoms with Gasteiger partial charge in [0.1, 0.15) is 0 Å². The van der Waals surface area contributed by atoms with Crippen molar-refractivity contribution in [3.8, 4) is 12.3 Å². The molecule has 0 aromatic carbocycles. The highest BCUT2D eigenvalue weighted by atomic mass is 14.9. The van der Waals surface area contributed by atoms with Crippen LogP contribution in [-0.4, -0.2) is 12.6 Å². The van der Waals surface area contributed by atoms with Gasteiger partial charge in [-0.2, -0.15) is 0 Å². The van der Waals surface area contributed by atoms with Crippen molar-refractivity contribution in [2.24, 2.45) is 5.92 Å². The zero-order chi connectivity index (χ0) is 7.40. The van der Waals surface area contributed by atoms with Crippen LogP contribution in [-0.2, 0) is 0 Å². The second-order valence-electron chi connectivity index (χ2n) is 3.16. The maximum Gasteiger partial charge on any atom is 0.0238 e. The highest BCUT2D eigenvalue weighted by molar-refractivity contribution is 4.88. The molecule has 0 aromatic rings. The van der Waals surface area contributed by atoms with E-state index in [-0.39, 0.29) is 0 Å². The minimum atomic E-state index is 0.505. The van der Waals surface area contributed by atoms with Gasteiger partial charge in [-0.1, -0.05) is 0 Å². The average molecular weight is 137 g/mol. The standard InChI is InChI=1S/C9H15N/c1-3-4-8(2)10-7-9-5-6-9/h1,8-10H,4-7H2,2H3. The van der Waals surface area contributed by atoms with Crippen LogP contribution in [0.15, 0.2) is 0 Å². The molecule has 1 rings (SSSR count). The van der Waals surface area contributed by atoms with Crippen LogP contribution in [0.2, 0.25) is 0 Å². The predicted octanol–water partition coefficient (Wildman–Crippen LogP) is 1.40. The van der Waals surface area contributed by atoms with Gasteiger partial charge in [0, 0.05) is 12.5 Å². The van der Waals surface area contributed by atoms with Crippen molar-refractivity contribution in [3.05, 3.63) is 0 Å². The quantitative estimate of drug-likeness (QED) is 0.577. The first-order valence-electron chi connectivity index (χ1n) is 3.99. The Hall–Kier alpha value is -0.480. The summed E-state index contributed by atoms with van der Waals surface area (Å²) in [5.41, 5.74) is 0. The molecule has 1 heteroatoms. The molecule has 0 heterocycles. The van der Waals surface area contributed by atoms with E-state index in [2.05, 4.69) is 18.2 Å². The molecule has 1 unspecified atom stereocenters. The summed E-state index contributed by atoms with van der Waals surface area (Å²) in [4.78, 5) is 0. The Morgan fingerprint density at radius 3 is 2.90 bits per heavy atom. The molecule has 10 heavy (non-hydrogen) atoms. The number of hydrogen-bond donors (Lipinski definition) is 1. The van der Waals surface area contributed by atoms with Gasteiger partial charge < -0.3 is 5.32 Å². The van der Waals surface area contributed by atoms with Crippen LogP contribution < -0.4 is 5.32 Å². The predicted molar refractivity (Wildman–Crippen MR) is 43.6 cm³/mol. The maximum atomic E-state index is 5.16. The van der Waals surface area contributed by atoms with Crippen molar-refractivity contribution in [2.75, 3.05) is 6.54 Å². The van der Waals surface area contributed by atoms with Gasteiger partial charge in [-0.25, -0.2) is 0 Å². The zero-order valence-corrected chi connectivity index (χ0v) is 6.56. The highest BCUT2D eigenvalue weighted by Gasteiger charge is 2.20. The monoisotopic (exact) mass is 137 g/mol. The van der Waals surface area contributed by atoms with Gasteiger partial charge in [-0.3, -0.25) is 0 Å². The summed E-state index contributed by atoms with van der Waals surface area (Å²) < 4.78 is 0. The Morgan fingerprint density at radius 2 is 2.40 bits per heavy atom. The van der Waals surface area contributed by atoms with Crippen molar-refractivity contribution < 1.29 is 0 Å². The average Bonchev–Trinajstić information content (AvgIpc) is 2.67. The summed E-state index contributed by atoms with van der Waals surface area (Å²) in [7, 11) is 0. The molecule has 0 aromatic heterocycles. The number of nitrogens with one attached hydrogen (secondary N) is 1. The third kappa shape index (κ3) is 2.89. The van der Waals surface area contributed by atoms with Crippen molar-refractivity contribution in [1.82, 2.24) is 5.32 Å². The van der Waals surface area contributed by atoms with Crippen LogP contribution in [0.5, 0.6) is 0 Å². The normalized spacial score (nSPS) is 20.0. The Morgan fingerprint density at radius 1 is 1.70 bits per heavy atom. The van der Waals surface area contributed by atoms with Crippen molar-refractivity contribution >= 4 is 0 Å². The van der Waals surface area contributed by atoms with Crippen LogP contribution in [0.3, 0.4) is 0 Å². The van der Waals surface area contributed by atoms with Crippen molar-refractivity contribution in [2.45, 2.75) is 32.2 Å². The molecule has 1 saturated carbocycles. The summed E-state index contributed by atoms with van der Waals surface area (Å²) in [5, 5.41) is 3.40. The molecule has 1 aliphatic carbocycles. The molecule has 0 bridgehead atoms. The summed E-state index contributed by atoms with van der Waals surface area (Å²) in [6.45, 7) is 3.31.